The minimum Gasteiger partial charge on any atom is -0.363 e. The average Bonchev–Trinajstić information content (AvgIpc) is 2.90. The van der Waals surface area contributed by atoms with Crippen molar-refractivity contribution in [1.82, 2.24) is 15.0 Å². The van der Waals surface area contributed by atoms with Gasteiger partial charge in [-0.25, -0.2) is 13.1 Å². The van der Waals surface area contributed by atoms with Gasteiger partial charge in [-0.3, -0.25) is 0 Å². The Hall–Kier alpha value is -0.850. The van der Waals surface area contributed by atoms with Gasteiger partial charge in [-0.1, -0.05) is 33.6 Å². The average molecular weight is 301 g/mol. The zero-order chi connectivity index (χ0) is 15.0. The Bertz CT molecular complexity index is 478. The van der Waals surface area contributed by atoms with E-state index in [1.165, 1.54) is 0 Å². The molecule has 0 aromatic carbocycles. The summed E-state index contributed by atoms with van der Waals surface area (Å²) in [6.45, 7) is 8.35. The van der Waals surface area contributed by atoms with Crippen LogP contribution in [-0.2, 0) is 16.6 Å². The topological polar surface area (TPSA) is 74.0 Å². The second-order valence-corrected chi connectivity index (χ2v) is 6.84. The van der Waals surface area contributed by atoms with E-state index in [9.17, 15) is 8.42 Å². The second-order valence-electron chi connectivity index (χ2n) is 5.07. The van der Waals surface area contributed by atoms with Gasteiger partial charge in [0.25, 0.3) is 0 Å². The van der Waals surface area contributed by atoms with E-state index in [-0.39, 0.29) is 0 Å². The summed E-state index contributed by atoms with van der Waals surface area (Å²) < 4.78 is 27.0. The lowest BCUT2D eigenvalue weighted by Crippen LogP contribution is -2.28. The molecule has 6 heteroatoms. The summed E-state index contributed by atoms with van der Waals surface area (Å²) in [4.78, 5) is 3.32. The minimum absolute atomic E-state index is 0.316. The van der Waals surface area contributed by atoms with Gasteiger partial charge in [0, 0.05) is 25.0 Å². The summed E-state index contributed by atoms with van der Waals surface area (Å²) in [5, 5.41) is 3.24. The third-order valence-corrected chi connectivity index (χ3v) is 4.89. The van der Waals surface area contributed by atoms with Gasteiger partial charge in [-0.2, -0.15) is 0 Å². The third-order valence-electron chi connectivity index (χ3n) is 3.49. The number of hydrogen-bond acceptors (Lipinski definition) is 3. The molecule has 1 heterocycles. The normalized spacial score (nSPS) is 12.2. The van der Waals surface area contributed by atoms with Crippen LogP contribution in [0.2, 0.25) is 0 Å². The molecule has 0 unspecified atom stereocenters. The van der Waals surface area contributed by atoms with Crippen molar-refractivity contribution in [3.8, 4) is 0 Å². The van der Waals surface area contributed by atoms with Crippen molar-refractivity contribution in [3.05, 3.63) is 18.0 Å². The maximum Gasteiger partial charge on any atom is 0.242 e. The first-order chi connectivity index (χ1) is 9.53. The molecule has 0 fully saturated rings. The first kappa shape index (κ1) is 17.2. The monoisotopic (exact) mass is 301 g/mol. The van der Waals surface area contributed by atoms with Crippen LogP contribution in [0.1, 0.15) is 45.7 Å². The van der Waals surface area contributed by atoms with E-state index in [0.717, 1.165) is 31.5 Å². The molecule has 0 spiro atoms. The van der Waals surface area contributed by atoms with Crippen LogP contribution in [-0.4, -0.2) is 26.5 Å². The first-order valence-corrected chi connectivity index (χ1v) is 8.89. The van der Waals surface area contributed by atoms with Crippen molar-refractivity contribution in [3.63, 3.8) is 0 Å². The summed E-state index contributed by atoms with van der Waals surface area (Å²) >= 11 is 0. The number of aromatic amines is 1. The number of nitrogens with one attached hydrogen (secondary N) is 3. The Morgan fingerprint density at radius 1 is 1.25 bits per heavy atom. The molecule has 20 heavy (non-hydrogen) atoms. The fourth-order valence-corrected chi connectivity index (χ4v) is 3.10. The maximum atomic E-state index is 12.2. The van der Waals surface area contributed by atoms with Crippen molar-refractivity contribution in [2.24, 2.45) is 5.92 Å². The standard InChI is InChI=1S/C14H27N3O2S/c1-4-7-15-10-13-8-14(11-16-13)20(18,19)17-9-12(5-2)6-3/h8,11-12,15-17H,4-7,9-10H2,1-3H3. The molecule has 0 saturated carbocycles. The molecule has 1 aromatic rings. The smallest absolute Gasteiger partial charge is 0.242 e. The van der Waals surface area contributed by atoms with Gasteiger partial charge in [-0.15, -0.1) is 0 Å². The lowest BCUT2D eigenvalue weighted by atomic mass is 10.0. The molecule has 0 bridgehead atoms. The Kier molecular flexibility index (Phi) is 7.26. The van der Waals surface area contributed by atoms with Gasteiger partial charge in [0.15, 0.2) is 0 Å². The highest BCUT2D eigenvalue weighted by Gasteiger charge is 2.17. The molecule has 1 rings (SSSR count). The maximum absolute atomic E-state index is 12.2. The molecule has 0 radical (unpaired) electrons. The number of hydrogen-bond donors (Lipinski definition) is 3. The van der Waals surface area contributed by atoms with Crippen LogP contribution in [0.25, 0.3) is 0 Å². The lowest BCUT2D eigenvalue weighted by molar-refractivity contribution is 0.479. The molecule has 0 atom stereocenters. The van der Waals surface area contributed by atoms with Crippen LogP contribution in [0, 0.1) is 5.92 Å². The summed E-state index contributed by atoms with van der Waals surface area (Å²) in [6, 6.07) is 1.69. The fourth-order valence-electron chi connectivity index (χ4n) is 1.96. The van der Waals surface area contributed by atoms with E-state index in [0.29, 0.717) is 23.9 Å². The highest BCUT2D eigenvalue weighted by molar-refractivity contribution is 7.89. The van der Waals surface area contributed by atoms with Crippen LogP contribution in [0.3, 0.4) is 0 Å². The molecule has 0 amide bonds. The number of H-pyrrole nitrogens is 1. The fraction of sp³-hybridized carbons (Fsp3) is 0.714. The summed E-state index contributed by atoms with van der Waals surface area (Å²) in [5.74, 6) is 0.398. The number of sulfonamides is 1. The van der Waals surface area contributed by atoms with Crippen LogP contribution >= 0.6 is 0 Å². The van der Waals surface area contributed by atoms with E-state index >= 15 is 0 Å². The van der Waals surface area contributed by atoms with Gasteiger partial charge >= 0.3 is 0 Å². The Morgan fingerprint density at radius 2 is 1.95 bits per heavy atom. The van der Waals surface area contributed by atoms with E-state index in [4.69, 9.17) is 0 Å². The van der Waals surface area contributed by atoms with Crippen molar-refractivity contribution in [2.75, 3.05) is 13.1 Å². The molecule has 5 nitrogen and oxygen atoms in total. The predicted octanol–water partition coefficient (Wildman–Crippen LogP) is 2.23. The van der Waals surface area contributed by atoms with Crippen LogP contribution < -0.4 is 10.0 Å². The zero-order valence-electron chi connectivity index (χ0n) is 12.7. The molecule has 0 aliphatic rings. The summed E-state index contributed by atoms with van der Waals surface area (Å²) in [5.41, 5.74) is 0.890. The van der Waals surface area contributed by atoms with E-state index in [2.05, 4.69) is 35.8 Å². The van der Waals surface area contributed by atoms with Crippen molar-refractivity contribution >= 4 is 10.0 Å². The van der Waals surface area contributed by atoms with Crippen molar-refractivity contribution < 1.29 is 8.42 Å². The molecule has 1 aromatic heterocycles. The van der Waals surface area contributed by atoms with Crippen LogP contribution in [0.4, 0.5) is 0 Å². The van der Waals surface area contributed by atoms with Gasteiger partial charge in [0.2, 0.25) is 10.0 Å². The molecule has 0 saturated heterocycles. The molecular weight excluding hydrogens is 274 g/mol. The zero-order valence-corrected chi connectivity index (χ0v) is 13.5. The van der Waals surface area contributed by atoms with Gasteiger partial charge in [0.1, 0.15) is 0 Å². The minimum atomic E-state index is -3.39. The van der Waals surface area contributed by atoms with Crippen molar-refractivity contribution in [1.29, 1.82) is 0 Å². The number of rotatable bonds is 10. The number of aromatic nitrogens is 1. The highest BCUT2D eigenvalue weighted by atomic mass is 32.2. The summed E-state index contributed by atoms with van der Waals surface area (Å²) in [6.07, 6.45) is 4.58. The third kappa shape index (κ3) is 5.26. The molecule has 0 aliphatic heterocycles. The van der Waals surface area contributed by atoms with Gasteiger partial charge in [0.05, 0.1) is 4.90 Å². The Balaban J connectivity index is 2.59. The second kappa shape index (κ2) is 8.44. The van der Waals surface area contributed by atoms with E-state index in [1.807, 2.05) is 0 Å². The van der Waals surface area contributed by atoms with E-state index in [1.54, 1.807) is 12.3 Å². The largest absolute Gasteiger partial charge is 0.363 e. The van der Waals surface area contributed by atoms with Crippen molar-refractivity contribution in [2.45, 2.75) is 51.5 Å². The summed E-state index contributed by atoms with van der Waals surface area (Å²) in [7, 11) is -3.39. The highest BCUT2D eigenvalue weighted by Crippen LogP contribution is 2.12. The van der Waals surface area contributed by atoms with Crippen LogP contribution in [0.5, 0.6) is 0 Å². The Labute approximate surface area is 122 Å². The lowest BCUT2D eigenvalue weighted by Gasteiger charge is -2.12. The first-order valence-electron chi connectivity index (χ1n) is 7.41. The predicted molar refractivity (Wildman–Crippen MR) is 82.1 cm³/mol. The molecule has 3 N–H and O–H groups in total. The van der Waals surface area contributed by atoms with Gasteiger partial charge in [-0.05, 0) is 24.9 Å². The quantitative estimate of drug-likeness (QED) is 0.580. The molecule has 0 aliphatic carbocycles. The van der Waals surface area contributed by atoms with E-state index < -0.39 is 10.0 Å². The van der Waals surface area contributed by atoms with Crippen LogP contribution in [0.15, 0.2) is 17.2 Å². The molecular formula is C14H27N3O2S. The SMILES string of the molecule is CCCNCc1cc(S(=O)(=O)NCC(CC)CC)c[nH]1. The Morgan fingerprint density at radius 3 is 2.55 bits per heavy atom. The van der Waals surface area contributed by atoms with Gasteiger partial charge < -0.3 is 10.3 Å². The molecule has 116 valence electrons.